The maximum absolute atomic E-state index is 14.6. The number of carbonyl (C=O) groups is 6. The molecule has 3 heterocycles. The fraction of sp³-hybridized carbons (Fsp3) is 0.380. The van der Waals surface area contributed by atoms with Crippen LogP contribution in [-0.2, 0) is 54.5 Å². The zero-order valence-electron chi connectivity index (χ0n) is 38.5. The molecule has 0 aliphatic rings. The molecule has 354 valence electrons. The van der Waals surface area contributed by atoms with E-state index in [4.69, 9.17) is 11.5 Å². The number of H-pyrrole nitrogens is 3. The first-order valence-corrected chi connectivity index (χ1v) is 22.7. The summed E-state index contributed by atoms with van der Waals surface area (Å²) in [5.74, 6) is -3.30. The third-order valence-corrected chi connectivity index (χ3v) is 11.8. The van der Waals surface area contributed by atoms with E-state index >= 15 is 0 Å². The molecule has 0 saturated carbocycles. The Bertz CT molecular complexity index is 2620. The normalized spacial score (nSPS) is 14.3. The molecule has 3 aromatic heterocycles. The van der Waals surface area contributed by atoms with Gasteiger partial charge >= 0.3 is 0 Å². The zero-order valence-corrected chi connectivity index (χ0v) is 38.5. The van der Waals surface area contributed by atoms with Gasteiger partial charge in [0.15, 0.2) is 5.78 Å². The lowest BCUT2D eigenvalue weighted by molar-refractivity contribution is -0.135. The number of fused-ring (bicyclic) bond motifs is 2. The van der Waals surface area contributed by atoms with E-state index < -0.39 is 71.2 Å². The predicted octanol–water partition coefficient (Wildman–Crippen LogP) is 3.16. The number of hydrogen-bond donors (Lipinski definition) is 10. The monoisotopic (exact) mass is 913 g/mol. The van der Waals surface area contributed by atoms with Gasteiger partial charge in [0.05, 0.1) is 18.4 Å². The van der Waals surface area contributed by atoms with Gasteiger partial charge in [0.25, 0.3) is 0 Å². The molecule has 0 unspecified atom stereocenters. The number of nitrogens with one attached hydrogen (secondary N) is 8. The fourth-order valence-corrected chi connectivity index (χ4v) is 8.03. The standard InChI is InChI=1S/C50H63N11O6/c1-30(57-47(65)42(23-32-26-54-38-18-10-8-16-35(32)38)60-46(64)37(52)25-34-28-53-29-56-34)45(63)59-43(24-33-27-55-39-19-11-9-17-36(33)39)49(67)61-41(22-31-14-6-5-7-15-31)48(66)58-40(20-12-13-21-51)44(62)50(2,3)4/h5-11,14-19,26-30,37,40-43,54-55H,12-13,20-25,51-52H2,1-4H3,(H,53,56)(H,57,65)(H,58,66)(H,59,63)(H,60,64)(H,61,67)/t30-,37-,40-,41+,42+,43-/m0/s1. The van der Waals surface area contributed by atoms with Gasteiger partial charge in [-0.05, 0) is 61.6 Å². The minimum atomic E-state index is -1.24. The van der Waals surface area contributed by atoms with Crippen molar-refractivity contribution in [3.8, 4) is 0 Å². The largest absolute Gasteiger partial charge is 0.361 e. The highest BCUT2D eigenvalue weighted by Crippen LogP contribution is 2.22. The molecule has 12 N–H and O–H groups in total. The van der Waals surface area contributed by atoms with Crippen LogP contribution in [0, 0.1) is 5.41 Å². The Labute approximate surface area is 389 Å². The van der Waals surface area contributed by atoms with Crippen LogP contribution in [0.4, 0.5) is 0 Å². The summed E-state index contributed by atoms with van der Waals surface area (Å²) >= 11 is 0. The molecule has 0 fully saturated rings. The Morgan fingerprint density at radius 1 is 0.597 bits per heavy atom. The Morgan fingerprint density at radius 2 is 1.10 bits per heavy atom. The zero-order chi connectivity index (χ0) is 48.1. The van der Waals surface area contributed by atoms with Crippen LogP contribution in [0.15, 0.2) is 104 Å². The lowest BCUT2D eigenvalue weighted by Crippen LogP contribution is -2.60. The SMILES string of the molecule is C[C@H](NC(=O)[C@@H](Cc1c[nH]c2ccccc12)NC(=O)[C@@H](N)Cc1cnc[nH]1)C(=O)N[C@@H](Cc1c[nH]c2ccccc12)C(=O)N[C@H](Cc1ccccc1)C(=O)N[C@@H](CCCCN)C(=O)C(C)(C)C. The molecular weight excluding hydrogens is 851 g/mol. The minimum absolute atomic E-state index is 0.0135. The topological polar surface area (TPSA) is 275 Å². The molecule has 17 heteroatoms. The second-order valence-electron chi connectivity index (χ2n) is 18.1. The quantitative estimate of drug-likeness (QED) is 0.0423. The van der Waals surface area contributed by atoms with Crippen molar-refractivity contribution in [3.05, 3.63) is 126 Å². The van der Waals surface area contributed by atoms with Gasteiger partial charge < -0.3 is 53.0 Å². The van der Waals surface area contributed by atoms with Crippen LogP contribution in [0.5, 0.6) is 0 Å². The highest BCUT2D eigenvalue weighted by Gasteiger charge is 2.35. The number of ketones is 1. The summed E-state index contributed by atoms with van der Waals surface area (Å²) in [6.45, 7) is 7.30. The number of aromatic amines is 3. The van der Waals surface area contributed by atoms with Gasteiger partial charge in [-0.25, -0.2) is 4.98 Å². The van der Waals surface area contributed by atoms with Gasteiger partial charge in [0.1, 0.15) is 24.2 Å². The smallest absolute Gasteiger partial charge is 0.243 e. The molecule has 0 bridgehead atoms. The van der Waals surface area contributed by atoms with Crippen molar-refractivity contribution in [2.75, 3.05) is 6.54 Å². The second-order valence-corrected chi connectivity index (χ2v) is 18.1. The number of nitrogens with two attached hydrogens (primary N) is 2. The Morgan fingerprint density at radius 3 is 1.66 bits per heavy atom. The summed E-state index contributed by atoms with van der Waals surface area (Å²) in [7, 11) is 0. The first-order chi connectivity index (χ1) is 32.1. The van der Waals surface area contributed by atoms with Crippen LogP contribution in [-0.4, -0.2) is 98.1 Å². The summed E-state index contributed by atoms with van der Waals surface area (Å²) in [6, 6.07) is 17.7. The number of benzene rings is 3. The molecule has 0 radical (unpaired) electrons. The van der Waals surface area contributed by atoms with Gasteiger partial charge in [-0.15, -0.1) is 0 Å². The molecule has 0 aliphatic heterocycles. The third-order valence-electron chi connectivity index (χ3n) is 11.8. The summed E-state index contributed by atoms with van der Waals surface area (Å²) in [6.07, 6.45) is 8.54. The van der Waals surface area contributed by atoms with Crippen LogP contribution >= 0.6 is 0 Å². The van der Waals surface area contributed by atoms with Crippen molar-refractivity contribution in [1.82, 2.24) is 46.5 Å². The molecule has 5 amide bonds. The number of rotatable bonds is 23. The van der Waals surface area contributed by atoms with E-state index in [1.54, 1.807) is 39.4 Å². The van der Waals surface area contributed by atoms with E-state index in [1.165, 1.54) is 13.3 Å². The first kappa shape index (κ1) is 49.3. The summed E-state index contributed by atoms with van der Waals surface area (Å²) in [5, 5.41) is 15.9. The lowest BCUT2D eigenvalue weighted by atomic mass is 9.84. The van der Waals surface area contributed by atoms with Gasteiger partial charge in [-0.3, -0.25) is 28.8 Å². The van der Waals surface area contributed by atoms with Crippen molar-refractivity contribution < 1.29 is 28.8 Å². The van der Waals surface area contributed by atoms with Gasteiger partial charge in [-0.2, -0.15) is 0 Å². The van der Waals surface area contributed by atoms with Crippen LogP contribution in [0.1, 0.15) is 69.3 Å². The van der Waals surface area contributed by atoms with Gasteiger partial charge in [0, 0.05) is 77.2 Å². The number of unbranched alkanes of at least 4 members (excludes halogenated alkanes) is 1. The maximum Gasteiger partial charge on any atom is 0.243 e. The van der Waals surface area contributed by atoms with Crippen LogP contribution in [0.25, 0.3) is 21.8 Å². The van der Waals surface area contributed by atoms with Crippen molar-refractivity contribution in [2.24, 2.45) is 16.9 Å². The Balaban J connectivity index is 1.23. The highest BCUT2D eigenvalue weighted by atomic mass is 16.2. The van der Waals surface area contributed by atoms with E-state index in [0.717, 1.165) is 38.5 Å². The summed E-state index contributed by atoms with van der Waals surface area (Å²) in [5.41, 5.74) is 15.8. The fourth-order valence-electron chi connectivity index (χ4n) is 8.03. The molecular formula is C50H63N11O6. The van der Waals surface area contributed by atoms with E-state index in [9.17, 15) is 28.8 Å². The molecule has 0 aliphatic carbocycles. The summed E-state index contributed by atoms with van der Waals surface area (Å²) < 4.78 is 0. The van der Waals surface area contributed by atoms with Crippen molar-refractivity contribution in [1.29, 1.82) is 0 Å². The average molecular weight is 914 g/mol. The number of para-hydroxylation sites is 2. The van der Waals surface area contributed by atoms with E-state index in [1.807, 2.05) is 78.9 Å². The minimum Gasteiger partial charge on any atom is -0.361 e. The van der Waals surface area contributed by atoms with Gasteiger partial charge in [0.2, 0.25) is 29.5 Å². The van der Waals surface area contributed by atoms with Crippen molar-refractivity contribution in [2.45, 2.75) is 109 Å². The molecule has 6 aromatic rings. The second kappa shape index (κ2) is 22.9. The molecule has 67 heavy (non-hydrogen) atoms. The van der Waals surface area contributed by atoms with Crippen LogP contribution < -0.4 is 38.1 Å². The number of hydrogen-bond acceptors (Lipinski definition) is 9. The van der Waals surface area contributed by atoms with E-state index in [-0.39, 0.29) is 31.5 Å². The average Bonchev–Trinajstić information content (AvgIpc) is 4.08. The number of aromatic nitrogens is 4. The first-order valence-electron chi connectivity index (χ1n) is 22.7. The number of imidazole rings is 1. The number of carbonyl (C=O) groups excluding carboxylic acids is 6. The van der Waals surface area contributed by atoms with Crippen LogP contribution in [0.3, 0.4) is 0 Å². The van der Waals surface area contributed by atoms with Crippen molar-refractivity contribution in [3.63, 3.8) is 0 Å². The molecule has 0 spiro atoms. The van der Waals surface area contributed by atoms with E-state index in [0.29, 0.717) is 31.5 Å². The number of amides is 5. The Kier molecular flexibility index (Phi) is 16.8. The molecule has 6 rings (SSSR count). The summed E-state index contributed by atoms with van der Waals surface area (Å²) in [4.78, 5) is 97.7. The highest BCUT2D eigenvalue weighted by molar-refractivity contribution is 5.98. The van der Waals surface area contributed by atoms with E-state index in [2.05, 4.69) is 46.5 Å². The third kappa shape index (κ3) is 13.5. The maximum atomic E-state index is 14.6. The van der Waals surface area contributed by atoms with Crippen LogP contribution in [0.2, 0.25) is 0 Å². The van der Waals surface area contributed by atoms with Crippen molar-refractivity contribution >= 4 is 57.1 Å². The number of nitrogens with zero attached hydrogens (tertiary/aromatic N) is 1. The molecule has 17 nitrogen and oxygen atoms in total. The molecule has 0 saturated heterocycles. The molecule has 3 aromatic carbocycles. The predicted molar refractivity (Wildman–Crippen MR) is 257 cm³/mol. The Hall–Kier alpha value is -7.11. The molecule has 6 atom stereocenters. The van der Waals surface area contributed by atoms with Gasteiger partial charge in [-0.1, -0.05) is 87.5 Å². The lowest BCUT2D eigenvalue weighted by Gasteiger charge is -2.29. The number of Topliss-reactive ketones (excluding diaryl/α,β-unsaturated/α-hetero) is 1.